The molecule has 13 N–H and O–H groups in total. The number of phenols is 1. The molecule has 0 saturated carbocycles. The molecule has 0 bridgehead atoms. The number of aliphatic carboxylic acids is 2. The zero-order valence-electron chi connectivity index (χ0n) is 24.8. The summed E-state index contributed by atoms with van der Waals surface area (Å²) < 4.78 is 0. The first kappa shape index (κ1) is 34.8. The van der Waals surface area contributed by atoms with E-state index in [0.717, 1.165) is 10.9 Å². The van der Waals surface area contributed by atoms with Crippen LogP contribution in [0.3, 0.4) is 0 Å². The molecule has 3 amide bonds. The van der Waals surface area contributed by atoms with Gasteiger partial charge in [0.05, 0.1) is 12.5 Å². The lowest BCUT2D eigenvalue weighted by Gasteiger charge is -2.25. The van der Waals surface area contributed by atoms with Gasteiger partial charge in [-0.3, -0.25) is 24.2 Å². The van der Waals surface area contributed by atoms with Gasteiger partial charge < -0.3 is 53.5 Å². The summed E-state index contributed by atoms with van der Waals surface area (Å²) in [6.07, 6.45) is 1.02. The number of carboxylic acid groups (broad SMARTS) is 2. The minimum absolute atomic E-state index is 0.00732. The molecule has 1 heterocycles. The Labute approximate surface area is 263 Å². The van der Waals surface area contributed by atoms with E-state index in [9.17, 15) is 34.2 Å². The normalized spacial score (nSPS) is 13.5. The third-order valence-electron chi connectivity index (χ3n) is 7.03. The van der Waals surface area contributed by atoms with Gasteiger partial charge in [-0.05, 0) is 48.6 Å². The van der Waals surface area contributed by atoms with Crippen LogP contribution < -0.4 is 33.2 Å². The molecule has 46 heavy (non-hydrogen) atoms. The SMILES string of the molecule is NC(N)=NCCCC(NC(=O)C(Cc1c[nH]c2ccccc12)NC(=O)C(N)Cc1ccc(O)cc1)C(=O)NC(CC(=O)O)C(=O)O. The van der Waals surface area contributed by atoms with E-state index < -0.39 is 60.2 Å². The number of aromatic amines is 1. The maximum Gasteiger partial charge on any atom is 0.326 e. The van der Waals surface area contributed by atoms with Crippen LogP contribution in [0.2, 0.25) is 0 Å². The predicted molar refractivity (Wildman–Crippen MR) is 167 cm³/mol. The van der Waals surface area contributed by atoms with Crippen molar-refractivity contribution in [3.63, 3.8) is 0 Å². The van der Waals surface area contributed by atoms with Gasteiger partial charge in [-0.15, -0.1) is 0 Å². The van der Waals surface area contributed by atoms with Crippen LogP contribution >= 0.6 is 0 Å². The molecule has 0 aliphatic heterocycles. The van der Waals surface area contributed by atoms with E-state index >= 15 is 0 Å². The van der Waals surface area contributed by atoms with Crippen molar-refractivity contribution in [2.45, 2.75) is 56.3 Å². The number of H-pyrrole nitrogens is 1. The number of amides is 3. The van der Waals surface area contributed by atoms with E-state index in [1.54, 1.807) is 18.3 Å². The number of benzene rings is 2. The molecule has 16 nitrogen and oxygen atoms in total. The van der Waals surface area contributed by atoms with Crippen molar-refractivity contribution in [2.75, 3.05) is 6.54 Å². The van der Waals surface area contributed by atoms with Crippen molar-refractivity contribution in [1.82, 2.24) is 20.9 Å². The van der Waals surface area contributed by atoms with Crippen LogP contribution in [0.15, 0.2) is 59.7 Å². The van der Waals surface area contributed by atoms with E-state index in [4.69, 9.17) is 22.3 Å². The number of aliphatic imine (C=N–C) groups is 1. The van der Waals surface area contributed by atoms with Gasteiger partial charge in [0.1, 0.15) is 23.9 Å². The van der Waals surface area contributed by atoms with E-state index in [0.29, 0.717) is 11.1 Å². The standard InChI is InChI=1S/C30H38N8O8/c31-20(12-16-7-9-18(39)10-8-16)26(42)37-23(13-17-15-35-21-5-2-1-4-19(17)21)28(44)36-22(6-3-11-34-30(32)33)27(43)38-24(29(45)46)14-25(40)41/h1-2,4-5,7-10,15,20,22-24,35,39H,3,6,11-14,31H2,(H,36,44)(H,37,42)(H,38,43)(H,40,41)(H,45,46)(H4,32,33,34). The second kappa shape index (κ2) is 16.4. The third kappa shape index (κ3) is 10.5. The summed E-state index contributed by atoms with van der Waals surface area (Å²) in [6, 6.07) is 8.04. The smallest absolute Gasteiger partial charge is 0.326 e. The molecule has 1 aromatic heterocycles. The summed E-state index contributed by atoms with van der Waals surface area (Å²) in [5.74, 6) is -5.56. The number of aromatic nitrogens is 1. The van der Waals surface area contributed by atoms with Crippen LogP contribution in [-0.4, -0.2) is 86.6 Å². The summed E-state index contributed by atoms with van der Waals surface area (Å²) in [5, 5.41) is 36.2. The molecule has 3 rings (SSSR count). The molecule has 4 atom stereocenters. The molecule has 16 heteroatoms. The van der Waals surface area contributed by atoms with Gasteiger partial charge in [0.2, 0.25) is 17.7 Å². The maximum atomic E-state index is 13.8. The number of guanidine groups is 1. The monoisotopic (exact) mass is 638 g/mol. The highest BCUT2D eigenvalue weighted by molar-refractivity contribution is 5.95. The molecule has 0 radical (unpaired) electrons. The Morgan fingerprint density at radius 3 is 2.11 bits per heavy atom. The van der Waals surface area contributed by atoms with Crippen LogP contribution in [0.1, 0.15) is 30.4 Å². The van der Waals surface area contributed by atoms with Gasteiger partial charge in [-0.2, -0.15) is 0 Å². The average molecular weight is 639 g/mol. The fraction of sp³-hybridized carbons (Fsp3) is 0.333. The fourth-order valence-corrected chi connectivity index (χ4v) is 4.68. The first-order valence-corrected chi connectivity index (χ1v) is 14.3. The number of aromatic hydroxyl groups is 1. The Balaban J connectivity index is 1.85. The quantitative estimate of drug-likeness (QED) is 0.0488. The number of hydrogen-bond donors (Lipinski definition) is 10. The number of hydrogen-bond acceptors (Lipinski definition) is 8. The Morgan fingerprint density at radius 2 is 1.46 bits per heavy atom. The topological polar surface area (TPSA) is 288 Å². The van der Waals surface area contributed by atoms with Crippen molar-refractivity contribution in [3.8, 4) is 5.75 Å². The van der Waals surface area contributed by atoms with Crippen LogP contribution in [0, 0.1) is 0 Å². The molecular formula is C30H38N8O8. The number of carbonyl (C=O) groups is 5. The molecule has 0 spiro atoms. The minimum Gasteiger partial charge on any atom is -0.508 e. The minimum atomic E-state index is -1.76. The number of nitrogens with two attached hydrogens (primary N) is 3. The summed E-state index contributed by atoms with van der Waals surface area (Å²) >= 11 is 0. The van der Waals surface area contributed by atoms with Crippen molar-refractivity contribution < 1.29 is 39.3 Å². The van der Waals surface area contributed by atoms with E-state index in [1.165, 1.54) is 12.1 Å². The van der Waals surface area contributed by atoms with Crippen molar-refractivity contribution in [2.24, 2.45) is 22.2 Å². The fourth-order valence-electron chi connectivity index (χ4n) is 4.68. The van der Waals surface area contributed by atoms with Crippen LogP contribution in [0.5, 0.6) is 5.75 Å². The highest BCUT2D eigenvalue weighted by Gasteiger charge is 2.31. The highest BCUT2D eigenvalue weighted by atomic mass is 16.4. The summed E-state index contributed by atoms with van der Waals surface area (Å²) in [5.41, 5.74) is 19.0. The number of carbonyl (C=O) groups excluding carboxylic acids is 3. The second-order valence-electron chi connectivity index (χ2n) is 10.6. The number of phenolic OH excluding ortho intramolecular Hbond substituents is 1. The van der Waals surface area contributed by atoms with Crippen LogP contribution in [0.4, 0.5) is 0 Å². The summed E-state index contributed by atoms with van der Waals surface area (Å²) in [7, 11) is 0. The van der Waals surface area contributed by atoms with Crippen molar-refractivity contribution in [3.05, 3.63) is 65.9 Å². The van der Waals surface area contributed by atoms with Crippen molar-refractivity contribution in [1.29, 1.82) is 0 Å². The average Bonchev–Trinajstić information content (AvgIpc) is 3.41. The third-order valence-corrected chi connectivity index (χ3v) is 7.03. The molecule has 4 unspecified atom stereocenters. The number of carboxylic acids is 2. The van der Waals surface area contributed by atoms with Crippen molar-refractivity contribution >= 4 is 46.5 Å². The number of nitrogens with zero attached hydrogens (tertiary/aromatic N) is 1. The molecule has 0 fully saturated rings. The van der Waals surface area contributed by atoms with Crippen LogP contribution in [-0.2, 0) is 36.8 Å². The van der Waals surface area contributed by atoms with Crippen LogP contribution in [0.25, 0.3) is 10.9 Å². The largest absolute Gasteiger partial charge is 0.508 e. The van der Waals surface area contributed by atoms with Gasteiger partial charge in [-0.1, -0.05) is 30.3 Å². The Hall–Kier alpha value is -5.64. The Bertz CT molecular complexity index is 1570. The maximum absolute atomic E-state index is 13.8. The first-order chi connectivity index (χ1) is 21.8. The van der Waals surface area contributed by atoms with E-state index in [1.807, 2.05) is 24.3 Å². The molecule has 0 aliphatic carbocycles. The van der Waals surface area contributed by atoms with E-state index in [-0.39, 0.29) is 43.9 Å². The van der Waals surface area contributed by atoms with Gasteiger partial charge in [0.15, 0.2) is 5.96 Å². The second-order valence-corrected chi connectivity index (χ2v) is 10.6. The summed E-state index contributed by atoms with van der Waals surface area (Å²) in [4.78, 5) is 69.8. The van der Waals surface area contributed by atoms with E-state index in [2.05, 4.69) is 25.9 Å². The predicted octanol–water partition coefficient (Wildman–Crippen LogP) is -0.947. The molecular weight excluding hydrogens is 600 g/mol. The lowest BCUT2D eigenvalue weighted by atomic mass is 10.0. The molecule has 246 valence electrons. The lowest BCUT2D eigenvalue weighted by molar-refractivity contribution is -0.147. The van der Waals surface area contributed by atoms with Gasteiger partial charge in [0.25, 0.3) is 0 Å². The Kier molecular flexibility index (Phi) is 12.5. The molecule has 2 aromatic carbocycles. The molecule has 0 saturated heterocycles. The number of nitrogens with one attached hydrogen (secondary N) is 4. The Morgan fingerprint density at radius 1 is 0.826 bits per heavy atom. The molecule has 0 aliphatic rings. The zero-order chi connectivity index (χ0) is 33.8. The first-order valence-electron chi connectivity index (χ1n) is 14.3. The highest BCUT2D eigenvalue weighted by Crippen LogP contribution is 2.20. The number of rotatable bonds is 17. The summed E-state index contributed by atoms with van der Waals surface area (Å²) in [6.45, 7) is 0.0844. The zero-order valence-corrected chi connectivity index (χ0v) is 24.8. The molecule has 3 aromatic rings. The van der Waals surface area contributed by atoms with Gasteiger partial charge >= 0.3 is 11.9 Å². The van der Waals surface area contributed by atoms with Gasteiger partial charge in [-0.25, -0.2) is 4.79 Å². The number of para-hydroxylation sites is 1. The number of fused-ring (bicyclic) bond motifs is 1. The van der Waals surface area contributed by atoms with Gasteiger partial charge in [0, 0.05) is 30.1 Å². The lowest BCUT2D eigenvalue weighted by Crippen LogP contribution is -2.58.